The summed E-state index contributed by atoms with van der Waals surface area (Å²) in [4.78, 5) is 0. The minimum atomic E-state index is 0.700. The Bertz CT molecular complexity index is 1180. The fourth-order valence-corrected chi connectivity index (χ4v) is 4.26. The molecule has 0 aliphatic heterocycles. The number of benzene rings is 3. The molecule has 0 spiro atoms. The van der Waals surface area contributed by atoms with Crippen LogP contribution in [0.2, 0.25) is 0 Å². The largest absolute Gasteiger partial charge is 0.497 e. The second kappa shape index (κ2) is 9.78. The Hall–Kier alpha value is -3.45. The van der Waals surface area contributed by atoms with Gasteiger partial charge in [-0.1, -0.05) is 36.0 Å². The van der Waals surface area contributed by atoms with E-state index in [9.17, 15) is 0 Å². The average molecular weight is 448 g/mol. The number of ether oxygens (including phenoxy) is 3. The minimum Gasteiger partial charge on any atom is -0.497 e. The Morgan fingerprint density at radius 2 is 1.47 bits per heavy atom. The third-order valence-electron chi connectivity index (χ3n) is 5.03. The number of aromatic nitrogens is 3. The number of rotatable bonds is 8. The molecule has 0 radical (unpaired) electrons. The van der Waals surface area contributed by atoms with E-state index in [1.165, 1.54) is 5.56 Å². The van der Waals surface area contributed by atoms with Crippen molar-refractivity contribution in [1.82, 2.24) is 14.8 Å². The lowest BCUT2D eigenvalue weighted by molar-refractivity contribution is 0.394. The summed E-state index contributed by atoms with van der Waals surface area (Å²) in [5.74, 6) is 3.73. The summed E-state index contributed by atoms with van der Waals surface area (Å²) in [5, 5.41) is 9.88. The molecule has 0 saturated carbocycles. The van der Waals surface area contributed by atoms with Gasteiger partial charge in [0.25, 0.3) is 0 Å². The van der Waals surface area contributed by atoms with E-state index in [1.807, 2.05) is 36.4 Å². The molecule has 164 valence electrons. The Kier molecular flexibility index (Phi) is 6.66. The van der Waals surface area contributed by atoms with Crippen LogP contribution in [0.1, 0.15) is 11.1 Å². The van der Waals surface area contributed by atoms with Crippen LogP contribution in [0.4, 0.5) is 0 Å². The van der Waals surface area contributed by atoms with Gasteiger partial charge in [-0.05, 0) is 54.4 Å². The fourth-order valence-electron chi connectivity index (χ4n) is 3.36. The lowest BCUT2D eigenvalue weighted by Gasteiger charge is -2.13. The molecule has 4 rings (SSSR count). The number of thioether (sulfide) groups is 1. The molecular formula is C25H25N3O3S. The van der Waals surface area contributed by atoms with Gasteiger partial charge in [-0.25, -0.2) is 0 Å². The van der Waals surface area contributed by atoms with Crippen LogP contribution in [0.15, 0.2) is 71.9 Å². The van der Waals surface area contributed by atoms with Gasteiger partial charge in [0.15, 0.2) is 11.0 Å². The fraction of sp³-hybridized carbons (Fsp3) is 0.200. The first-order valence-corrected chi connectivity index (χ1v) is 11.1. The molecule has 0 saturated heterocycles. The molecule has 0 aliphatic rings. The van der Waals surface area contributed by atoms with Gasteiger partial charge >= 0.3 is 0 Å². The quantitative estimate of drug-likeness (QED) is 0.330. The molecule has 7 heteroatoms. The van der Waals surface area contributed by atoms with E-state index in [-0.39, 0.29) is 0 Å². The Morgan fingerprint density at radius 1 is 0.781 bits per heavy atom. The van der Waals surface area contributed by atoms with Gasteiger partial charge in [-0.3, -0.25) is 4.57 Å². The van der Waals surface area contributed by atoms with Gasteiger partial charge in [0.1, 0.15) is 17.2 Å². The number of methoxy groups -OCH3 is 3. The Morgan fingerprint density at radius 3 is 2.09 bits per heavy atom. The summed E-state index contributed by atoms with van der Waals surface area (Å²) in [6.45, 7) is 2.08. The summed E-state index contributed by atoms with van der Waals surface area (Å²) >= 11 is 1.64. The zero-order chi connectivity index (χ0) is 22.5. The topological polar surface area (TPSA) is 58.4 Å². The lowest BCUT2D eigenvalue weighted by Crippen LogP contribution is -2.01. The van der Waals surface area contributed by atoms with Crippen LogP contribution in [0, 0.1) is 6.92 Å². The van der Waals surface area contributed by atoms with Crippen molar-refractivity contribution in [3.05, 3.63) is 77.9 Å². The Labute approximate surface area is 192 Å². The van der Waals surface area contributed by atoms with Gasteiger partial charge < -0.3 is 14.2 Å². The van der Waals surface area contributed by atoms with Gasteiger partial charge in [-0.2, -0.15) is 0 Å². The highest BCUT2D eigenvalue weighted by atomic mass is 32.2. The van der Waals surface area contributed by atoms with Crippen LogP contribution in [0.5, 0.6) is 17.2 Å². The second-order valence-corrected chi connectivity index (χ2v) is 8.16. The van der Waals surface area contributed by atoms with E-state index in [1.54, 1.807) is 33.1 Å². The van der Waals surface area contributed by atoms with Crippen molar-refractivity contribution >= 4 is 11.8 Å². The first-order valence-electron chi connectivity index (χ1n) is 10.1. The summed E-state index contributed by atoms with van der Waals surface area (Å²) in [6, 6.07) is 22.1. The highest BCUT2D eigenvalue weighted by molar-refractivity contribution is 7.98. The maximum absolute atomic E-state index is 5.46. The molecular weight excluding hydrogens is 422 g/mol. The summed E-state index contributed by atoms with van der Waals surface area (Å²) in [5.41, 5.74) is 4.21. The van der Waals surface area contributed by atoms with Crippen molar-refractivity contribution < 1.29 is 14.2 Å². The molecule has 32 heavy (non-hydrogen) atoms. The first-order chi connectivity index (χ1) is 15.6. The first kappa shape index (κ1) is 21.8. The minimum absolute atomic E-state index is 0.700. The lowest BCUT2D eigenvalue weighted by atomic mass is 10.1. The van der Waals surface area contributed by atoms with Crippen molar-refractivity contribution in [2.75, 3.05) is 21.3 Å². The van der Waals surface area contributed by atoms with Crippen LogP contribution in [-0.2, 0) is 5.75 Å². The predicted octanol–water partition coefficient (Wildman–Crippen LogP) is 5.56. The van der Waals surface area contributed by atoms with Crippen molar-refractivity contribution in [3.63, 3.8) is 0 Å². The molecule has 4 aromatic rings. The normalized spacial score (nSPS) is 10.8. The molecule has 3 aromatic carbocycles. The average Bonchev–Trinajstić information content (AvgIpc) is 3.26. The SMILES string of the molecule is COc1ccc(CSc2nnc(-c3cc(OC)cc(OC)c3)n2-c2cccc(C)c2)cc1. The summed E-state index contributed by atoms with van der Waals surface area (Å²) in [6.07, 6.45) is 0. The molecule has 0 N–H and O–H groups in total. The smallest absolute Gasteiger partial charge is 0.196 e. The van der Waals surface area contributed by atoms with E-state index >= 15 is 0 Å². The number of aryl methyl sites for hydroxylation is 1. The maximum atomic E-state index is 5.46. The third kappa shape index (κ3) is 4.73. The molecule has 0 amide bonds. The van der Waals surface area contributed by atoms with Crippen molar-refractivity contribution in [1.29, 1.82) is 0 Å². The summed E-state index contributed by atoms with van der Waals surface area (Å²) < 4.78 is 18.3. The van der Waals surface area contributed by atoms with Crippen LogP contribution >= 0.6 is 11.8 Å². The van der Waals surface area contributed by atoms with Gasteiger partial charge in [0, 0.05) is 23.1 Å². The molecule has 0 unspecified atom stereocenters. The third-order valence-corrected chi connectivity index (χ3v) is 6.03. The number of hydrogen-bond donors (Lipinski definition) is 0. The van der Waals surface area contributed by atoms with E-state index < -0.39 is 0 Å². The molecule has 0 atom stereocenters. The van der Waals surface area contributed by atoms with Crippen LogP contribution in [-0.4, -0.2) is 36.1 Å². The number of hydrogen-bond acceptors (Lipinski definition) is 6. The number of nitrogens with zero attached hydrogens (tertiary/aromatic N) is 3. The van der Waals surface area contributed by atoms with E-state index in [4.69, 9.17) is 14.2 Å². The summed E-state index contributed by atoms with van der Waals surface area (Å²) in [7, 11) is 4.95. The van der Waals surface area contributed by atoms with Gasteiger partial charge in [0.2, 0.25) is 0 Å². The predicted molar refractivity (Wildman–Crippen MR) is 127 cm³/mol. The molecule has 0 aliphatic carbocycles. The molecule has 1 heterocycles. The highest BCUT2D eigenvalue weighted by Gasteiger charge is 2.18. The zero-order valence-electron chi connectivity index (χ0n) is 18.5. The van der Waals surface area contributed by atoms with Crippen LogP contribution in [0.25, 0.3) is 17.1 Å². The highest BCUT2D eigenvalue weighted by Crippen LogP contribution is 2.34. The standard InChI is InChI=1S/C25H25N3O3S/c1-17-6-5-7-20(12-17)28-24(19-13-22(30-3)15-23(14-19)31-4)26-27-25(28)32-16-18-8-10-21(29-2)11-9-18/h5-15H,16H2,1-4H3. The Balaban J connectivity index is 1.75. The van der Waals surface area contributed by atoms with Crippen molar-refractivity contribution in [2.24, 2.45) is 0 Å². The molecule has 1 aromatic heterocycles. The molecule has 0 fully saturated rings. The van der Waals surface area contributed by atoms with Crippen molar-refractivity contribution in [3.8, 4) is 34.3 Å². The molecule has 0 bridgehead atoms. The van der Waals surface area contributed by atoms with E-state index in [0.717, 1.165) is 39.3 Å². The second-order valence-electron chi connectivity index (χ2n) is 7.22. The van der Waals surface area contributed by atoms with Crippen LogP contribution < -0.4 is 14.2 Å². The monoisotopic (exact) mass is 447 g/mol. The van der Waals surface area contributed by atoms with Crippen molar-refractivity contribution in [2.45, 2.75) is 17.8 Å². The van der Waals surface area contributed by atoms with E-state index in [2.05, 4.69) is 52.0 Å². The maximum Gasteiger partial charge on any atom is 0.196 e. The zero-order valence-corrected chi connectivity index (χ0v) is 19.3. The van der Waals surface area contributed by atoms with Gasteiger partial charge in [-0.15, -0.1) is 10.2 Å². The van der Waals surface area contributed by atoms with Gasteiger partial charge in [0.05, 0.1) is 21.3 Å². The van der Waals surface area contributed by atoms with Crippen LogP contribution in [0.3, 0.4) is 0 Å². The molecule has 6 nitrogen and oxygen atoms in total. The van der Waals surface area contributed by atoms with E-state index in [0.29, 0.717) is 11.5 Å².